The molecule has 3 amide bonds. The maximum Gasteiger partial charge on any atom is 0.317 e. The van der Waals surface area contributed by atoms with Crippen LogP contribution < -0.4 is 5.32 Å². The lowest BCUT2D eigenvalue weighted by Crippen LogP contribution is -2.61. The first-order valence-electron chi connectivity index (χ1n) is 12.0. The van der Waals surface area contributed by atoms with Crippen LogP contribution in [0.25, 0.3) is 0 Å². The summed E-state index contributed by atoms with van der Waals surface area (Å²) in [6, 6.07) is 14.9. The fourth-order valence-electron chi connectivity index (χ4n) is 5.90. The minimum Gasteiger partial charge on any atom is -0.338 e. The number of hydrogen-bond donors (Lipinski definition) is 1. The minimum absolute atomic E-state index is 0.0122. The number of urea groups is 1. The standard InChI is InChI=1S/C27H33N3O2/c1-18-15-21-11-14-29-25(23(21)16-19(18)2)17-24-22(26(29)31)9-6-13-30(24)27(32)28-12-10-20-7-4-3-5-8-20/h3-5,7-8,15-16,22,24-25H,6,9-14,17H2,1-2H3,(H,28,32)/t22-,24-,25-/m1/s1. The van der Waals surface area contributed by atoms with Gasteiger partial charge in [-0.2, -0.15) is 0 Å². The highest BCUT2D eigenvalue weighted by molar-refractivity contribution is 5.83. The molecule has 0 aliphatic carbocycles. The predicted octanol–water partition coefficient (Wildman–Crippen LogP) is 4.17. The fourth-order valence-corrected chi connectivity index (χ4v) is 5.90. The van der Waals surface area contributed by atoms with E-state index in [1.807, 2.05) is 23.1 Å². The molecule has 2 saturated heterocycles. The number of fused-ring (bicyclic) bond motifs is 4. The van der Waals surface area contributed by atoms with Crippen molar-refractivity contribution in [2.45, 2.75) is 58.0 Å². The number of piperidine rings is 2. The Bertz CT molecular complexity index is 1020. The van der Waals surface area contributed by atoms with Gasteiger partial charge in [0.1, 0.15) is 0 Å². The monoisotopic (exact) mass is 431 g/mol. The summed E-state index contributed by atoms with van der Waals surface area (Å²) in [6.07, 6.45) is 4.38. The normalized spacial score (nSPS) is 24.4. The molecule has 3 atom stereocenters. The lowest BCUT2D eigenvalue weighted by molar-refractivity contribution is -0.148. The van der Waals surface area contributed by atoms with Gasteiger partial charge in [0.05, 0.1) is 12.0 Å². The third kappa shape index (κ3) is 3.78. The van der Waals surface area contributed by atoms with Crippen molar-refractivity contribution in [3.05, 3.63) is 70.3 Å². The molecule has 5 heteroatoms. The van der Waals surface area contributed by atoms with Gasteiger partial charge >= 0.3 is 6.03 Å². The van der Waals surface area contributed by atoms with E-state index in [9.17, 15) is 9.59 Å². The number of nitrogens with one attached hydrogen (secondary N) is 1. The van der Waals surface area contributed by atoms with Gasteiger partial charge in [-0.25, -0.2) is 4.79 Å². The lowest BCUT2D eigenvalue weighted by atomic mass is 9.75. The summed E-state index contributed by atoms with van der Waals surface area (Å²) in [5.74, 6) is 0.185. The maximum absolute atomic E-state index is 13.5. The Morgan fingerprint density at radius 3 is 2.69 bits per heavy atom. The molecule has 2 fully saturated rings. The van der Waals surface area contributed by atoms with Crippen LogP contribution in [0.5, 0.6) is 0 Å². The van der Waals surface area contributed by atoms with E-state index in [2.05, 4.69) is 48.3 Å². The smallest absolute Gasteiger partial charge is 0.317 e. The molecule has 2 aromatic carbocycles. The maximum atomic E-state index is 13.5. The van der Waals surface area contributed by atoms with Crippen molar-refractivity contribution < 1.29 is 9.59 Å². The molecule has 5 rings (SSSR count). The van der Waals surface area contributed by atoms with Gasteiger partial charge in [0, 0.05) is 25.7 Å². The zero-order chi connectivity index (χ0) is 22.2. The van der Waals surface area contributed by atoms with E-state index in [0.29, 0.717) is 6.54 Å². The number of hydrogen-bond acceptors (Lipinski definition) is 2. The first kappa shape index (κ1) is 21.0. The number of carbonyl (C=O) groups is 2. The van der Waals surface area contributed by atoms with E-state index < -0.39 is 0 Å². The minimum atomic E-state index is -0.0621. The number of amides is 3. The van der Waals surface area contributed by atoms with Gasteiger partial charge in [0.2, 0.25) is 5.91 Å². The second kappa shape index (κ2) is 8.61. The first-order chi connectivity index (χ1) is 15.5. The lowest BCUT2D eigenvalue weighted by Gasteiger charge is -2.51. The summed E-state index contributed by atoms with van der Waals surface area (Å²) < 4.78 is 0. The Balaban J connectivity index is 1.33. The quantitative estimate of drug-likeness (QED) is 0.793. The topological polar surface area (TPSA) is 52.7 Å². The number of carbonyl (C=O) groups excluding carboxylic acids is 2. The van der Waals surface area contributed by atoms with Gasteiger partial charge in [-0.05, 0) is 73.8 Å². The van der Waals surface area contributed by atoms with Crippen LogP contribution in [0.1, 0.15) is 53.1 Å². The molecule has 32 heavy (non-hydrogen) atoms. The highest BCUT2D eigenvalue weighted by Crippen LogP contribution is 2.44. The summed E-state index contributed by atoms with van der Waals surface area (Å²) in [4.78, 5) is 30.7. The van der Waals surface area contributed by atoms with E-state index in [0.717, 1.165) is 45.2 Å². The number of rotatable bonds is 3. The molecular formula is C27H33N3O2. The first-order valence-corrected chi connectivity index (χ1v) is 12.0. The average Bonchev–Trinajstić information content (AvgIpc) is 2.80. The molecule has 0 saturated carbocycles. The summed E-state index contributed by atoms with van der Waals surface area (Å²) in [5, 5.41) is 3.12. The van der Waals surface area contributed by atoms with Gasteiger partial charge in [-0.15, -0.1) is 0 Å². The van der Waals surface area contributed by atoms with E-state index in [1.54, 1.807) is 0 Å². The van der Waals surface area contributed by atoms with E-state index in [4.69, 9.17) is 0 Å². The molecule has 3 aliphatic rings. The van der Waals surface area contributed by atoms with Crippen LogP contribution in [-0.2, 0) is 17.6 Å². The third-order valence-electron chi connectivity index (χ3n) is 7.75. The average molecular weight is 432 g/mol. The molecule has 0 bridgehead atoms. The molecule has 0 radical (unpaired) electrons. The molecular weight excluding hydrogens is 398 g/mol. The van der Waals surface area contributed by atoms with Crippen LogP contribution in [0.4, 0.5) is 4.79 Å². The van der Waals surface area contributed by atoms with Gasteiger partial charge in [0.15, 0.2) is 0 Å². The number of nitrogens with zero attached hydrogens (tertiary/aromatic N) is 2. The Morgan fingerprint density at radius 2 is 1.88 bits per heavy atom. The van der Waals surface area contributed by atoms with Crippen molar-refractivity contribution in [3.8, 4) is 0 Å². The molecule has 0 aromatic heterocycles. The molecule has 0 unspecified atom stereocenters. The van der Waals surface area contributed by atoms with Crippen molar-refractivity contribution in [2.75, 3.05) is 19.6 Å². The predicted molar refractivity (Wildman–Crippen MR) is 125 cm³/mol. The Hall–Kier alpha value is -2.82. The third-order valence-corrected chi connectivity index (χ3v) is 7.75. The highest BCUT2D eigenvalue weighted by atomic mass is 16.2. The number of aryl methyl sites for hydroxylation is 2. The molecule has 3 heterocycles. The zero-order valence-electron chi connectivity index (χ0n) is 19.1. The van der Waals surface area contributed by atoms with Crippen molar-refractivity contribution in [2.24, 2.45) is 5.92 Å². The fraction of sp³-hybridized carbons (Fsp3) is 0.481. The van der Waals surface area contributed by atoms with Crippen LogP contribution in [0, 0.1) is 19.8 Å². The molecule has 5 nitrogen and oxygen atoms in total. The number of benzene rings is 2. The summed E-state index contributed by atoms with van der Waals surface area (Å²) in [6.45, 7) is 6.45. The van der Waals surface area contributed by atoms with E-state index in [-0.39, 0.29) is 29.9 Å². The Labute approximate surface area is 190 Å². The summed E-state index contributed by atoms with van der Waals surface area (Å²) >= 11 is 0. The van der Waals surface area contributed by atoms with Gasteiger partial charge in [0.25, 0.3) is 0 Å². The molecule has 1 N–H and O–H groups in total. The van der Waals surface area contributed by atoms with Crippen molar-refractivity contribution in [1.82, 2.24) is 15.1 Å². The van der Waals surface area contributed by atoms with Gasteiger partial charge in [-0.1, -0.05) is 42.5 Å². The highest BCUT2D eigenvalue weighted by Gasteiger charge is 2.48. The van der Waals surface area contributed by atoms with Crippen molar-refractivity contribution >= 4 is 11.9 Å². The SMILES string of the molecule is Cc1cc2c(cc1C)[C@H]1C[C@@H]3[C@@H](CCCN3C(=O)NCCc3ccccc3)C(=O)N1CC2. The van der Waals surface area contributed by atoms with Crippen molar-refractivity contribution in [3.63, 3.8) is 0 Å². The van der Waals surface area contributed by atoms with Crippen LogP contribution in [0.15, 0.2) is 42.5 Å². The van der Waals surface area contributed by atoms with Crippen LogP contribution >= 0.6 is 0 Å². The summed E-state index contributed by atoms with van der Waals surface area (Å²) in [5.41, 5.74) is 6.47. The molecule has 0 spiro atoms. The Morgan fingerprint density at radius 1 is 1.09 bits per heavy atom. The molecule has 3 aliphatic heterocycles. The van der Waals surface area contributed by atoms with Crippen LogP contribution in [0.3, 0.4) is 0 Å². The van der Waals surface area contributed by atoms with Crippen molar-refractivity contribution in [1.29, 1.82) is 0 Å². The summed E-state index contributed by atoms with van der Waals surface area (Å²) in [7, 11) is 0. The van der Waals surface area contributed by atoms with Gasteiger partial charge in [-0.3, -0.25) is 4.79 Å². The van der Waals surface area contributed by atoms with Crippen LogP contribution in [0.2, 0.25) is 0 Å². The number of likely N-dealkylation sites (tertiary alicyclic amines) is 1. The second-order valence-electron chi connectivity index (χ2n) is 9.65. The van der Waals surface area contributed by atoms with Crippen LogP contribution in [-0.4, -0.2) is 47.4 Å². The Kier molecular flexibility index (Phi) is 5.66. The van der Waals surface area contributed by atoms with Gasteiger partial charge < -0.3 is 15.1 Å². The molecule has 168 valence electrons. The molecule has 2 aromatic rings. The second-order valence-corrected chi connectivity index (χ2v) is 9.65. The zero-order valence-corrected chi connectivity index (χ0v) is 19.1. The van der Waals surface area contributed by atoms with E-state index in [1.165, 1.54) is 27.8 Å². The largest absolute Gasteiger partial charge is 0.338 e. The van der Waals surface area contributed by atoms with E-state index >= 15 is 0 Å².